The van der Waals surface area contributed by atoms with E-state index in [2.05, 4.69) is 10.3 Å². The molecule has 0 radical (unpaired) electrons. The fourth-order valence-electron chi connectivity index (χ4n) is 3.50. The van der Waals surface area contributed by atoms with Crippen LogP contribution in [0.1, 0.15) is 39.0 Å². The number of nitrogens with one attached hydrogen (secondary N) is 1. The Labute approximate surface area is 159 Å². The zero-order valence-corrected chi connectivity index (χ0v) is 15.8. The number of aromatic nitrogens is 2. The molecule has 0 saturated heterocycles. The third-order valence-corrected chi connectivity index (χ3v) is 4.96. The summed E-state index contributed by atoms with van der Waals surface area (Å²) in [7, 11) is 0. The molecule has 0 bridgehead atoms. The van der Waals surface area contributed by atoms with Crippen molar-refractivity contribution in [2.75, 3.05) is 13.2 Å². The second-order valence-electron chi connectivity index (χ2n) is 6.97. The van der Waals surface area contributed by atoms with Gasteiger partial charge in [0, 0.05) is 31.1 Å². The van der Waals surface area contributed by atoms with Gasteiger partial charge >= 0.3 is 0 Å². The Morgan fingerprint density at radius 1 is 1.26 bits per heavy atom. The van der Waals surface area contributed by atoms with E-state index < -0.39 is 0 Å². The van der Waals surface area contributed by atoms with Crippen molar-refractivity contribution in [3.8, 4) is 17.0 Å². The van der Waals surface area contributed by atoms with Crippen molar-refractivity contribution in [2.45, 2.75) is 45.6 Å². The van der Waals surface area contributed by atoms with Crippen molar-refractivity contribution in [3.05, 3.63) is 47.0 Å². The Morgan fingerprint density at radius 3 is 2.67 bits per heavy atom. The van der Waals surface area contributed by atoms with E-state index in [1.165, 1.54) is 29.8 Å². The molecule has 0 unspecified atom stereocenters. The number of rotatable bonds is 8. The first kappa shape index (κ1) is 19.1. The molecule has 1 heterocycles. The van der Waals surface area contributed by atoms with Crippen molar-refractivity contribution in [1.82, 2.24) is 14.9 Å². The molecular weight excluding hydrogens is 342 g/mol. The Bertz CT molecular complexity index is 808. The number of hydrogen-bond donors (Lipinski definition) is 1. The Balaban J connectivity index is 1.53. The topological polar surface area (TPSA) is 73.2 Å². The summed E-state index contributed by atoms with van der Waals surface area (Å²) in [5, 5.41) is 2.91. The minimum absolute atomic E-state index is 0.0777. The largest absolute Gasteiger partial charge is 0.494 e. The second-order valence-corrected chi connectivity index (χ2v) is 6.97. The van der Waals surface area contributed by atoms with Crippen LogP contribution in [0.5, 0.6) is 5.75 Å². The van der Waals surface area contributed by atoms with E-state index in [0.717, 1.165) is 24.2 Å². The molecule has 3 rings (SSSR count). The molecule has 1 N–H and O–H groups in total. The summed E-state index contributed by atoms with van der Waals surface area (Å²) < 4.78 is 6.95. The molecule has 1 aromatic carbocycles. The molecule has 0 atom stereocenters. The van der Waals surface area contributed by atoms with Crippen molar-refractivity contribution >= 4 is 5.91 Å². The lowest BCUT2D eigenvalue weighted by molar-refractivity contribution is -0.122. The highest BCUT2D eigenvalue weighted by Gasteiger charge is 2.18. The van der Waals surface area contributed by atoms with Crippen LogP contribution in [0.4, 0.5) is 0 Å². The summed E-state index contributed by atoms with van der Waals surface area (Å²) in [6.45, 7) is 3.42. The normalized spacial score (nSPS) is 14.3. The minimum Gasteiger partial charge on any atom is -0.494 e. The van der Waals surface area contributed by atoms with Crippen molar-refractivity contribution in [3.63, 3.8) is 0 Å². The predicted octanol–water partition coefficient (Wildman–Crippen LogP) is 3.01. The summed E-state index contributed by atoms with van der Waals surface area (Å²) in [6, 6.07) is 9.04. The summed E-state index contributed by atoms with van der Waals surface area (Å²) in [6.07, 6.45) is 6.92. The highest BCUT2D eigenvalue weighted by atomic mass is 16.5. The first-order valence-electron chi connectivity index (χ1n) is 9.72. The molecule has 1 fully saturated rings. The molecule has 1 aliphatic rings. The number of amides is 1. The quantitative estimate of drug-likeness (QED) is 0.776. The highest BCUT2D eigenvalue weighted by molar-refractivity contribution is 5.76. The molecule has 0 aliphatic heterocycles. The van der Waals surface area contributed by atoms with E-state index in [4.69, 9.17) is 4.74 Å². The van der Waals surface area contributed by atoms with Crippen LogP contribution in [0.15, 0.2) is 41.5 Å². The standard InChI is InChI=1S/C21H27N3O3/c1-2-27-18-9-7-17(8-10-18)19-14-21(26)24(15-23-19)12-11-22-20(25)13-16-5-3-4-6-16/h7-10,14-16H,2-6,11-13H2,1H3,(H,22,25). The van der Waals surface area contributed by atoms with Crippen LogP contribution in [0.3, 0.4) is 0 Å². The SMILES string of the molecule is CCOc1ccc(-c2cc(=O)n(CCNC(=O)CC3CCCC3)cn2)cc1. The summed E-state index contributed by atoms with van der Waals surface area (Å²) in [5.74, 6) is 1.40. The average Bonchev–Trinajstić information content (AvgIpc) is 3.17. The first-order valence-corrected chi connectivity index (χ1v) is 9.72. The molecule has 1 saturated carbocycles. The fourth-order valence-corrected chi connectivity index (χ4v) is 3.50. The number of ether oxygens (including phenoxy) is 1. The van der Waals surface area contributed by atoms with Crippen LogP contribution in [0.2, 0.25) is 0 Å². The zero-order valence-electron chi connectivity index (χ0n) is 15.8. The van der Waals surface area contributed by atoms with E-state index >= 15 is 0 Å². The third kappa shape index (κ3) is 5.42. The zero-order chi connectivity index (χ0) is 19.1. The number of hydrogen-bond acceptors (Lipinski definition) is 4. The van der Waals surface area contributed by atoms with Crippen molar-refractivity contribution in [2.24, 2.45) is 5.92 Å². The van der Waals surface area contributed by atoms with Crippen LogP contribution in [0.25, 0.3) is 11.3 Å². The lowest BCUT2D eigenvalue weighted by Crippen LogP contribution is -2.31. The molecule has 2 aromatic rings. The van der Waals surface area contributed by atoms with Gasteiger partial charge < -0.3 is 10.1 Å². The van der Waals surface area contributed by atoms with Gasteiger partial charge in [-0.25, -0.2) is 4.98 Å². The van der Waals surface area contributed by atoms with Gasteiger partial charge in [0.2, 0.25) is 5.91 Å². The van der Waals surface area contributed by atoms with Gasteiger partial charge in [-0.1, -0.05) is 12.8 Å². The van der Waals surface area contributed by atoms with Gasteiger partial charge in [-0.15, -0.1) is 0 Å². The van der Waals surface area contributed by atoms with Gasteiger partial charge in [0.1, 0.15) is 5.75 Å². The monoisotopic (exact) mass is 369 g/mol. The van der Waals surface area contributed by atoms with Crippen LogP contribution in [-0.2, 0) is 11.3 Å². The maximum atomic E-state index is 12.3. The molecule has 6 heteroatoms. The van der Waals surface area contributed by atoms with Crippen LogP contribution < -0.4 is 15.6 Å². The third-order valence-electron chi connectivity index (χ3n) is 4.96. The Kier molecular flexibility index (Phi) is 6.63. The minimum atomic E-state index is -0.126. The van der Waals surface area contributed by atoms with Gasteiger partial charge in [0.15, 0.2) is 0 Å². The van der Waals surface area contributed by atoms with Gasteiger partial charge in [-0.3, -0.25) is 14.2 Å². The van der Waals surface area contributed by atoms with Crippen LogP contribution >= 0.6 is 0 Å². The summed E-state index contributed by atoms with van der Waals surface area (Å²) in [4.78, 5) is 28.7. The first-order chi connectivity index (χ1) is 13.2. The van der Waals surface area contributed by atoms with Crippen molar-refractivity contribution < 1.29 is 9.53 Å². The van der Waals surface area contributed by atoms with Gasteiger partial charge in [0.05, 0.1) is 18.6 Å². The molecular formula is C21H27N3O3. The lowest BCUT2D eigenvalue weighted by Gasteiger charge is -2.11. The van der Waals surface area contributed by atoms with Crippen LogP contribution in [0, 0.1) is 5.92 Å². The van der Waals surface area contributed by atoms with E-state index in [1.54, 1.807) is 0 Å². The Hall–Kier alpha value is -2.63. The van der Waals surface area contributed by atoms with E-state index in [1.807, 2.05) is 31.2 Å². The molecule has 6 nitrogen and oxygen atoms in total. The smallest absolute Gasteiger partial charge is 0.253 e. The highest BCUT2D eigenvalue weighted by Crippen LogP contribution is 2.27. The number of nitrogens with zero attached hydrogens (tertiary/aromatic N) is 2. The van der Waals surface area contributed by atoms with Gasteiger partial charge in [-0.05, 0) is 49.9 Å². The number of benzene rings is 1. The van der Waals surface area contributed by atoms with Gasteiger partial charge in [0.25, 0.3) is 5.56 Å². The van der Waals surface area contributed by atoms with Gasteiger partial charge in [-0.2, -0.15) is 0 Å². The number of carbonyl (C=O) groups excluding carboxylic acids is 1. The average molecular weight is 369 g/mol. The second kappa shape index (κ2) is 9.35. The molecule has 144 valence electrons. The Morgan fingerprint density at radius 2 is 2.00 bits per heavy atom. The molecule has 27 heavy (non-hydrogen) atoms. The lowest BCUT2D eigenvalue weighted by atomic mass is 10.0. The van der Waals surface area contributed by atoms with Crippen LogP contribution in [-0.4, -0.2) is 28.6 Å². The predicted molar refractivity (Wildman–Crippen MR) is 105 cm³/mol. The maximum absolute atomic E-state index is 12.3. The fraction of sp³-hybridized carbons (Fsp3) is 0.476. The molecule has 0 spiro atoms. The summed E-state index contributed by atoms with van der Waals surface area (Å²) in [5.41, 5.74) is 1.37. The summed E-state index contributed by atoms with van der Waals surface area (Å²) >= 11 is 0. The van der Waals surface area contributed by atoms with E-state index in [0.29, 0.717) is 37.7 Å². The number of carbonyl (C=O) groups is 1. The maximum Gasteiger partial charge on any atom is 0.253 e. The molecule has 1 aromatic heterocycles. The molecule has 1 aliphatic carbocycles. The molecule has 1 amide bonds. The van der Waals surface area contributed by atoms with Crippen molar-refractivity contribution in [1.29, 1.82) is 0 Å². The van der Waals surface area contributed by atoms with E-state index in [-0.39, 0.29) is 11.5 Å². The van der Waals surface area contributed by atoms with E-state index in [9.17, 15) is 9.59 Å².